The zero-order chi connectivity index (χ0) is 33.1. The maximum atomic E-state index is 14.8. The summed E-state index contributed by atoms with van der Waals surface area (Å²) in [6, 6.07) is 9.21. The number of nitrogens with zero attached hydrogens (tertiary/aromatic N) is 3. The lowest BCUT2D eigenvalue weighted by atomic mass is 9.87. The molecule has 1 aliphatic rings. The van der Waals surface area contributed by atoms with E-state index in [9.17, 15) is 4.39 Å². The lowest BCUT2D eigenvalue weighted by Gasteiger charge is -2.25. The number of aromatic amines is 2. The van der Waals surface area contributed by atoms with Crippen molar-refractivity contribution >= 4 is 48.6 Å². The summed E-state index contributed by atoms with van der Waals surface area (Å²) in [5, 5.41) is 13.0. The standard InChI is InChI=1S/C38H42FN7S/c1-7-26(17-31(8-2)43-24(3)27-12-10-9-11-13-27)29-18-33-37(45-46-38(33)41-21-29)35-19-32-34(22-40-23-36(32)44-35)28-14-25(15-30(39)16-28)20-42-47(4,5)6/h7-8,14-19,21-23,27,42-44H,2-5,9-13,20H2,1,6H3,(H,41,45,46)/b26-7+,31-17+. The highest BCUT2D eigenvalue weighted by atomic mass is 32.2. The first kappa shape index (κ1) is 32.2. The minimum absolute atomic E-state index is 0.308. The fraction of sp³-hybridized carbons (Fsp3) is 0.237. The van der Waals surface area contributed by atoms with Crippen molar-refractivity contribution in [1.82, 2.24) is 35.2 Å². The first-order chi connectivity index (χ1) is 22.6. The molecule has 0 amide bonds. The second-order valence-corrected chi connectivity index (χ2v) is 15.3. The number of benzene rings is 1. The number of rotatable bonds is 11. The Kier molecular flexibility index (Phi) is 9.29. The third-order valence-corrected chi connectivity index (χ3v) is 9.54. The number of hydrogen-bond donors (Lipinski definition) is 4. The number of pyridine rings is 2. The lowest BCUT2D eigenvalue weighted by molar-refractivity contribution is 0.393. The molecule has 4 N–H and O–H groups in total. The van der Waals surface area contributed by atoms with Gasteiger partial charge in [-0.05, 0) is 91.1 Å². The molecule has 1 aromatic carbocycles. The van der Waals surface area contributed by atoms with Gasteiger partial charge in [0.25, 0.3) is 0 Å². The van der Waals surface area contributed by atoms with Crippen molar-refractivity contribution in [2.45, 2.75) is 45.6 Å². The van der Waals surface area contributed by atoms with E-state index < -0.39 is 9.39 Å². The molecule has 47 heavy (non-hydrogen) atoms. The average molecular weight is 648 g/mol. The van der Waals surface area contributed by atoms with Crippen LogP contribution in [0.3, 0.4) is 0 Å². The van der Waals surface area contributed by atoms with E-state index in [4.69, 9.17) is 0 Å². The van der Waals surface area contributed by atoms with Crippen LogP contribution in [-0.2, 0) is 6.54 Å². The maximum Gasteiger partial charge on any atom is 0.181 e. The van der Waals surface area contributed by atoms with Crippen LogP contribution in [0, 0.1) is 11.7 Å². The lowest BCUT2D eigenvalue weighted by Crippen LogP contribution is -2.20. The molecule has 0 saturated heterocycles. The van der Waals surface area contributed by atoms with Crippen LogP contribution in [0.15, 0.2) is 91.7 Å². The van der Waals surface area contributed by atoms with Gasteiger partial charge in [-0.1, -0.05) is 50.2 Å². The molecule has 4 heterocycles. The van der Waals surface area contributed by atoms with Crippen LogP contribution in [0.4, 0.5) is 4.39 Å². The molecule has 0 bridgehead atoms. The van der Waals surface area contributed by atoms with Crippen LogP contribution in [-0.4, -0.2) is 43.1 Å². The van der Waals surface area contributed by atoms with E-state index in [1.54, 1.807) is 12.4 Å². The maximum absolute atomic E-state index is 14.8. The van der Waals surface area contributed by atoms with Crippen LogP contribution in [0.25, 0.3) is 50.0 Å². The molecule has 7 nitrogen and oxygen atoms in total. The summed E-state index contributed by atoms with van der Waals surface area (Å²) in [6.07, 6.45) is 19.5. The Hall–Kier alpha value is -4.73. The molecule has 0 unspecified atom stereocenters. The highest BCUT2D eigenvalue weighted by molar-refractivity contribution is 8.25. The van der Waals surface area contributed by atoms with E-state index in [2.05, 4.69) is 84.4 Å². The molecule has 0 spiro atoms. The van der Waals surface area contributed by atoms with Gasteiger partial charge >= 0.3 is 0 Å². The summed E-state index contributed by atoms with van der Waals surface area (Å²) in [4.78, 5) is 12.6. The van der Waals surface area contributed by atoms with Crippen molar-refractivity contribution < 1.29 is 4.39 Å². The molecule has 0 aliphatic heterocycles. The zero-order valence-corrected chi connectivity index (χ0v) is 27.9. The number of nitrogens with one attached hydrogen (secondary N) is 4. The summed E-state index contributed by atoms with van der Waals surface area (Å²) >= 11 is 0. The molecule has 242 valence electrons. The first-order valence-corrected chi connectivity index (χ1v) is 18.3. The van der Waals surface area contributed by atoms with Gasteiger partial charge in [-0.15, -0.1) is 0 Å². The molecule has 1 fully saturated rings. The van der Waals surface area contributed by atoms with Crippen LogP contribution in [0.5, 0.6) is 0 Å². The fourth-order valence-electron chi connectivity index (χ4n) is 6.23. The Balaban J connectivity index is 1.32. The van der Waals surface area contributed by atoms with Crippen molar-refractivity contribution in [3.8, 4) is 22.5 Å². The Morgan fingerprint density at radius 3 is 2.62 bits per heavy atom. The molecular formula is C38H42FN7S. The predicted molar refractivity (Wildman–Crippen MR) is 200 cm³/mol. The van der Waals surface area contributed by atoms with E-state index in [1.165, 1.54) is 44.2 Å². The molecule has 4 aromatic heterocycles. The van der Waals surface area contributed by atoms with E-state index in [0.717, 1.165) is 66.9 Å². The minimum atomic E-state index is -1.44. The van der Waals surface area contributed by atoms with Crippen molar-refractivity contribution in [1.29, 1.82) is 0 Å². The highest BCUT2D eigenvalue weighted by Gasteiger charge is 2.18. The van der Waals surface area contributed by atoms with Gasteiger partial charge in [-0.3, -0.25) is 14.8 Å². The Labute approximate surface area is 276 Å². The zero-order valence-electron chi connectivity index (χ0n) is 27.1. The van der Waals surface area contributed by atoms with Gasteiger partial charge in [-0.2, -0.15) is 14.5 Å². The number of H-pyrrole nitrogens is 2. The van der Waals surface area contributed by atoms with Crippen molar-refractivity contribution in [2.24, 2.45) is 5.92 Å². The minimum Gasteiger partial charge on any atom is -0.359 e. The van der Waals surface area contributed by atoms with Gasteiger partial charge in [0.2, 0.25) is 0 Å². The molecular weight excluding hydrogens is 606 g/mol. The number of fused-ring (bicyclic) bond motifs is 2. The largest absolute Gasteiger partial charge is 0.359 e. The quantitative estimate of drug-likeness (QED) is 0.0850. The van der Waals surface area contributed by atoms with Crippen molar-refractivity contribution in [2.75, 3.05) is 6.26 Å². The molecule has 1 saturated carbocycles. The van der Waals surface area contributed by atoms with Gasteiger partial charge in [-0.25, -0.2) is 9.37 Å². The van der Waals surface area contributed by atoms with Crippen LogP contribution >= 0.6 is 9.39 Å². The second-order valence-electron chi connectivity index (χ2n) is 12.5. The molecule has 6 rings (SSSR count). The predicted octanol–water partition coefficient (Wildman–Crippen LogP) is 8.77. The average Bonchev–Trinajstić information content (AvgIpc) is 3.69. The number of allylic oxidation sites excluding steroid dienone is 5. The normalized spacial score (nSPS) is 15.0. The van der Waals surface area contributed by atoms with E-state index in [0.29, 0.717) is 18.1 Å². The van der Waals surface area contributed by atoms with E-state index in [1.807, 2.05) is 31.5 Å². The number of aromatic nitrogens is 5. The highest BCUT2D eigenvalue weighted by Crippen LogP contribution is 2.35. The van der Waals surface area contributed by atoms with Gasteiger partial charge in [0.1, 0.15) is 5.82 Å². The SMILES string of the molecule is C=C/C(=C\C(=C/C)c1cnc2n[nH]c(-c3cc4c(-c5cc(F)cc(CNS(=C)(=C)C)c5)cncc4[nH]3)c2c1)NC(=C)C1CCCCC1. The molecule has 5 aromatic rings. The van der Waals surface area contributed by atoms with Gasteiger partial charge in [0.15, 0.2) is 5.65 Å². The monoisotopic (exact) mass is 647 g/mol. The van der Waals surface area contributed by atoms with Gasteiger partial charge in [0, 0.05) is 52.2 Å². The van der Waals surface area contributed by atoms with Crippen LogP contribution in [0.2, 0.25) is 0 Å². The third kappa shape index (κ3) is 7.32. The number of halogens is 1. The Morgan fingerprint density at radius 1 is 1.06 bits per heavy atom. The van der Waals surface area contributed by atoms with Crippen molar-refractivity contribution in [3.63, 3.8) is 0 Å². The van der Waals surface area contributed by atoms with Gasteiger partial charge < -0.3 is 10.3 Å². The van der Waals surface area contributed by atoms with Gasteiger partial charge in [0.05, 0.1) is 23.1 Å². The third-order valence-electron chi connectivity index (χ3n) is 8.70. The van der Waals surface area contributed by atoms with Crippen LogP contribution in [0.1, 0.15) is 50.2 Å². The van der Waals surface area contributed by atoms with Crippen LogP contribution < -0.4 is 10.0 Å². The van der Waals surface area contributed by atoms with Crippen molar-refractivity contribution in [3.05, 3.63) is 109 Å². The second kappa shape index (κ2) is 13.6. The smallest absolute Gasteiger partial charge is 0.181 e. The molecule has 0 radical (unpaired) electrons. The summed E-state index contributed by atoms with van der Waals surface area (Å²) in [6.45, 7) is 10.9. The first-order valence-electron chi connectivity index (χ1n) is 15.9. The topological polar surface area (TPSA) is 94.3 Å². The summed E-state index contributed by atoms with van der Waals surface area (Å²) in [5.74, 6) is 8.31. The summed E-state index contributed by atoms with van der Waals surface area (Å²) in [5.41, 5.74) is 9.38. The molecule has 0 atom stereocenters. The Morgan fingerprint density at radius 2 is 1.87 bits per heavy atom. The summed E-state index contributed by atoms with van der Waals surface area (Å²) < 4.78 is 18.1. The van der Waals surface area contributed by atoms with E-state index >= 15 is 0 Å². The fourth-order valence-corrected chi connectivity index (χ4v) is 6.74. The van der Waals surface area contributed by atoms with E-state index in [-0.39, 0.29) is 5.82 Å². The molecule has 9 heteroatoms. The molecule has 1 aliphatic carbocycles. The summed E-state index contributed by atoms with van der Waals surface area (Å²) in [7, 11) is -1.44. The Bertz CT molecular complexity index is 2140. The number of hydrogen-bond acceptors (Lipinski definition) is 5.